The zero-order valence-corrected chi connectivity index (χ0v) is 17.4. The van der Waals surface area contributed by atoms with Crippen LogP contribution in [-0.4, -0.2) is 42.4 Å². The summed E-state index contributed by atoms with van der Waals surface area (Å²) in [6.45, 7) is 10.0. The Bertz CT molecular complexity index is 753. The van der Waals surface area contributed by atoms with Crippen LogP contribution in [0, 0.1) is 17.8 Å². The minimum Gasteiger partial charge on any atom is -0.487 e. The molecule has 146 valence electrons. The van der Waals surface area contributed by atoms with E-state index in [0.717, 1.165) is 29.6 Å². The van der Waals surface area contributed by atoms with E-state index in [0.29, 0.717) is 5.92 Å². The molecule has 4 rings (SSSR count). The first-order valence-corrected chi connectivity index (χ1v) is 10.6. The minimum atomic E-state index is -0.364. The first-order chi connectivity index (χ1) is 12.8. The number of ether oxygens (including phenoxy) is 2. The van der Waals surface area contributed by atoms with Crippen molar-refractivity contribution in [2.75, 3.05) is 26.7 Å². The van der Waals surface area contributed by atoms with Crippen molar-refractivity contribution < 1.29 is 14.0 Å². The lowest BCUT2D eigenvalue weighted by molar-refractivity contribution is -0.907. The smallest absolute Gasteiger partial charge is 0.140 e. The number of quaternary nitrogens is 1. The van der Waals surface area contributed by atoms with E-state index in [-0.39, 0.29) is 17.3 Å². The molecule has 1 aromatic carbocycles. The second kappa shape index (κ2) is 6.83. The largest absolute Gasteiger partial charge is 0.487 e. The van der Waals surface area contributed by atoms with Crippen molar-refractivity contribution >= 4 is 0 Å². The van der Waals surface area contributed by atoms with E-state index in [1.165, 1.54) is 37.9 Å². The van der Waals surface area contributed by atoms with Gasteiger partial charge in [-0.25, -0.2) is 0 Å². The molecule has 0 aromatic heterocycles. The van der Waals surface area contributed by atoms with Crippen LogP contribution < -0.4 is 4.74 Å². The maximum atomic E-state index is 6.70. The fourth-order valence-electron chi connectivity index (χ4n) is 5.11. The van der Waals surface area contributed by atoms with E-state index >= 15 is 0 Å². The van der Waals surface area contributed by atoms with Crippen LogP contribution in [-0.2, 0) is 4.74 Å². The lowest BCUT2D eigenvalue weighted by atomic mass is 9.73. The molecule has 27 heavy (non-hydrogen) atoms. The predicted molar refractivity (Wildman–Crippen MR) is 109 cm³/mol. The molecule has 3 nitrogen and oxygen atoms in total. The first kappa shape index (κ1) is 18.8. The molecule has 0 N–H and O–H groups in total. The molecule has 3 aliphatic heterocycles. The topological polar surface area (TPSA) is 18.5 Å². The summed E-state index contributed by atoms with van der Waals surface area (Å²) in [6, 6.07) is 8.34. The fraction of sp³-hybridized carbons (Fsp3) is 0.667. The van der Waals surface area contributed by atoms with Crippen LogP contribution in [0.25, 0.3) is 0 Å². The maximum Gasteiger partial charge on any atom is 0.140 e. The van der Waals surface area contributed by atoms with E-state index in [1.807, 2.05) is 6.07 Å². The third-order valence-corrected chi connectivity index (χ3v) is 6.89. The standard InChI is InChI=1S/C24H34NO2/c1-23(2)20-13-15-24(3,14-10-18-25(4)16-8-5-9-17-25)27-22(20)19-11-6-7-12-21(19)26-23/h6-7,11-12,20,22H,5,8-9,13,15-18H2,1-4H3/q+1/t20-,22-,24-/m1/s1. The molecule has 1 aromatic rings. The highest BCUT2D eigenvalue weighted by Gasteiger charge is 2.50. The normalized spacial score (nSPS) is 33.6. The van der Waals surface area contributed by atoms with E-state index < -0.39 is 0 Å². The summed E-state index contributed by atoms with van der Waals surface area (Å²) < 4.78 is 14.1. The van der Waals surface area contributed by atoms with Gasteiger partial charge in [0.05, 0.1) is 26.2 Å². The number of hydrogen-bond acceptors (Lipinski definition) is 2. The molecule has 3 atom stereocenters. The molecule has 0 unspecified atom stereocenters. The first-order valence-electron chi connectivity index (χ1n) is 10.6. The van der Waals surface area contributed by atoms with Gasteiger partial charge in [-0.2, -0.15) is 0 Å². The van der Waals surface area contributed by atoms with Crippen molar-refractivity contribution in [2.24, 2.45) is 5.92 Å². The van der Waals surface area contributed by atoms with Crippen molar-refractivity contribution in [1.82, 2.24) is 0 Å². The van der Waals surface area contributed by atoms with E-state index in [4.69, 9.17) is 9.47 Å². The lowest BCUT2D eigenvalue weighted by Gasteiger charge is -2.50. The number of piperidine rings is 1. The average molecular weight is 369 g/mol. The van der Waals surface area contributed by atoms with Gasteiger partial charge in [0.2, 0.25) is 0 Å². The molecule has 3 aliphatic rings. The molecule has 3 heteroatoms. The number of benzene rings is 1. The molecule has 3 heterocycles. The second-order valence-electron chi connectivity index (χ2n) is 9.75. The summed E-state index contributed by atoms with van der Waals surface area (Å²) in [6.07, 6.45) is 6.17. The zero-order valence-electron chi connectivity index (χ0n) is 17.4. The van der Waals surface area contributed by atoms with Crippen LogP contribution >= 0.6 is 0 Å². The van der Waals surface area contributed by atoms with Gasteiger partial charge in [0.1, 0.15) is 23.5 Å². The molecule has 0 radical (unpaired) electrons. The quantitative estimate of drug-likeness (QED) is 0.528. The van der Waals surface area contributed by atoms with Gasteiger partial charge in [-0.15, -0.1) is 0 Å². The molecular formula is C24H34NO2+. The maximum absolute atomic E-state index is 6.70. The highest BCUT2D eigenvalue weighted by molar-refractivity contribution is 5.39. The molecule has 2 fully saturated rings. The molecular weight excluding hydrogens is 334 g/mol. The van der Waals surface area contributed by atoms with Crippen molar-refractivity contribution in [3.05, 3.63) is 29.8 Å². The Morgan fingerprint density at radius 2 is 1.85 bits per heavy atom. The van der Waals surface area contributed by atoms with Crippen LogP contribution in [0.4, 0.5) is 0 Å². The van der Waals surface area contributed by atoms with Gasteiger partial charge in [0, 0.05) is 11.5 Å². The Kier molecular flexibility index (Phi) is 4.77. The number of rotatable bonds is 1. The van der Waals surface area contributed by atoms with Gasteiger partial charge in [0.15, 0.2) is 0 Å². The van der Waals surface area contributed by atoms with Gasteiger partial charge in [-0.05, 0) is 64.9 Å². The van der Waals surface area contributed by atoms with E-state index in [1.54, 1.807) is 0 Å². The minimum absolute atomic E-state index is 0.0674. The highest BCUT2D eigenvalue weighted by atomic mass is 16.5. The van der Waals surface area contributed by atoms with Gasteiger partial charge in [0.25, 0.3) is 0 Å². The van der Waals surface area contributed by atoms with Crippen LogP contribution in [0.1, 0.15) is 64.5 Å². The molecule has 0 bridgehead atoms. The molecule has 2 saturated heterocycles. The molecule has 0 saturated carbocycles. The highest BCUT2D eigenvalue weighted by Crippen LogP contribution is 2.52. The van der Waals surface area contributed by atoms with Gasteiger partial charge >= 0.3 is 0 Å². The monoisotopic (exact) mass is 368 g/mol. The average Bonchev–Trinajstić information content (AvgIpc) is 2.61. The van der Waals surface area contributed by atoms with Crippen LogP contribution in [0.2, 0.25) is 0 Å². The van der Waals surface area contributed by atoms with E-state index in [2.05, 4.69) is 57.9 Å². The Hall–Kier alpha value is -1.50. The van der Waals surface area contributed by atoms with Crippen molar-refractivity contribution in [1.29, 1.82) is 0 Å². The summed E-state index contributed by atoms with van der Waals surface area (Å²) >= 11 is 0. The van der Waals surface area contributed by atoms with Crippen LogP contribution in [0.15, 0.2) is 24.3 Å². The van der Waals surface area contributed by atoms with Gasteiger partial charge in [-0.1, -0.05) is 24.1 Å². The second-order valence-corrected chi connectivity index (χ2v) is 9.75. The Morgan fingerprint density at radius 1 is 1.11 bits per heavy atom. The van der Waals surface area contributed by atoms with Crippen molar-refractivity contribution in [3.63, 3.8) is 0 Å². The Labute approximate surface area is 164 Å². The van der Waals surface area contributed by atoms with Gasteiger partial charge < -0.3 is 14.0 Å². The number of para-hydroxylation sites is 1. The van der Waals surface area contributed by atoms with Crippen LogP contribution in [0.5, 0.6) is 5.75 Å². The SMILES string of the molecule is CC1(C)Oc2ccccc2[C@H]2O[C@](C)(C#CC[N+]3(C)CCCCC3)CC[C@H]21. The predicted octanol–water partition coefficient (Wildman–Crippen LogP) is 4.72. The van der Waals surface area contributed by atoms with E-state index in [9.17, 15) is 0 Å². The Morgan fingerprint density at radius 3 is 2.63 bits per heavy atom. The third-order valence-electron chi connectivity index (χ3n) is 6.89. The summed E-state index contributed by atoms with van der Waals surface area (Å²) in [5.41, 5.74) is 0.612. The van der Waals surface area contributed by atoms with Gasteiger partial charge in [-0.3, -0.25) is 0 Å². The van der Waals surface area contributed by atoms with Crippen molar-refractivity contribution in [3.8, 4) is 17.6 Å². The summed E-state index contributed by atoms with van der Waals surface area (Å²) in [5.74, 6) is 8.38. The molecule has 0 aliphatic carbocycles. The number of hydrogen-bond donors (Lipinski definition) is 0. The van der Waals surface area contributed by atoms with Crippen molar-refractivity contribution in [2.45, 2.75) is 70.2 Å². The number of likely N-dealkylation sites (tertiary alicyclic amines) is 1. The molecule has 0 amide bonds. The van der Waals surface area contributed by atoms with Crippen LogP contribution in [0.3, 0.4) is 0 Å². The fourth-order valence-corrected chi connectivity index (χ4v) is 5.11. The zero-order chi connectivity index (χ0) is 19.1. The summed E-state index contributed by atoms with van der Waals surface area (Å²) in [7, 11) is 2.35. The summed E-state index contributed by atoms with van der Waals surface area (Å²) in [4.78, 5) is 0. The number of nitrogens with zero attached hydrogens (tertiary/aromatic N) is 1. The lowest BCUT2D eigenvalue weighted by Crippen LogP contribution is -2.51. The molecule has 0 spiro atoms. The summed E-state index contributed by atoms with van der Waals surface area (Å²) in [5, 5.41) is 0. The third kappa shape index (κ3) is 3.75. The Balaban J connectivity index is 1.54. The number of fused-ring (bicyclic) bond motifs is 3.